The number of rotatable bonds is 1. The van der Waals surface area contributed by atoms with Crippen molar-refractivity contribution in [3.8, 4) is 0 Å². The van der Waals surface area contributed by atoms with Crippen molar-refractivity contribution in [3.05, 3.63) is 11.6 Å². The van der Waals surface area contributed by atoms with E-state index in [4.69, 9.17) is 0 Å². The van der Waals surface area contributed by atoms with Crippen LogP contribution in [0, 0.1) is 16.7 Å². The third-order valence-corrected chi connectivity index (χ3v) is 4.65. The van der Waals surface area contributed by atoms with Gasteiger partial charge in [-0.3, -0.25) is 4.79 Å². The van der Waals surface area contributed by atoms with E-state index < -0.39 is 0 Å². The number of ketones is 1. The first-order valence-corrected chi connectivity index (χ1v) is 5.13. The van der Waals surface area contributed by atoms with Crippen LogP contribution in [0.1, 0.15) is 40.5 Å². The lowest BCUT2D eigenvalue weighted by molar-refractivity contribution is -0.115. The van der Waals surface area contributed by atoms with Crippen molar-refractivity contribution in [2.45, 2.75) is 40.5 Å². The first-order valence-electron chi connectivity index (χ1n) is 5.13. The van der Waals surface area contributed by atoms with Crippen LogP contribution in [-0.4, -0.2) is 5.78 Å². The minimum absolute atomic E-state index is 0.156. The molecule has 72 valence electrons. The van der Waals surface area contributed by atoms with Gasteiger partial charge >= 0.3 is 0 Å². The Bertz CT molecular complexity index is 298. The second-order valence-electron chi connectivity index (χ2n) is 5.34. The Hall–Kier alpha value is -0.590. The van der Waals surface area contributed by atoms with Gasteiger partial charge in [-0.15, -0.1) is 0 Å². The van der Waals surface area contributed by atoms with Crippen molar-refractivity contribution >= 4 is 5.78 Å². The number of hydrogen-bond acceptors (Lipinski definition) is 1. The highest BCUT2D eigenvalue weighted by Gasteiger charge is 2.57. The van der Waals surface area contributed by atoms with Crippen molar-refractivity contribution in [1.29, 1.82) is 0 Å². The molecule has 2 rings (SSSR count). The fraction of sp³-hybridized carbons (Fsp3) is 0.750. The van der Waals surface area contributed by atoms with Crippen molar-refractivity contribution < 1.29 is 4.79 Å². The highest BCUT2D eigenvalue weighted by Crippen LogP contribution is 2.65. The number of Topliss-reactive ketones (excluding diaryl/α,β-unsaturated/α-hetero) is 1. The molecule has 0 spiro atoms. The van der Waals surface area contributed by atoms with Crippen LogP contribution < -0.4 is 0 Å². The van der Waals surface area contributed by atoms with E-state index in [2.05, 4.69) is 26.8 Å². The summed E-state index contributed by atoms with van der Waals surface area (Å²) in [6.07, 6.45) is 4.68. The van der Waals surface area contributed by atoms with Gasteiger partial charge in [-0.05, 0) is 36.7 Å². The molecule has 0 radical (unpaired) electrons. The standard InChI is InChI=1S/C12H18O/c1-8(13)10-7-9-5-6-12(10,4)11(9,2)3/h7,9H,5-6H2,1-4H3. The highest BCUT2D eigenvalue weighted by atomic mass is 16.1. The summed E-state index contributed by atoms with van der Waals surface area (Å²) in [6.45, 7) is 8.56. The zero-order valence-electron chi connectivity index (χ0n) is 8.98. The lowest BCUT2D eigenvalue weighted by Crippen LogP contribution is -2.31. The molecule has 2 unspecified atom stereocenters. The van der Waals surface area contributed by atoms with Crippen LogP contribution in [0.2, 0.25) is 0 Å². The molecule has 0 saturated heterocycles. The summed E-state index contributed by atoms with van der Waals surface area (Å²) < 4.78 is 0. The summed E-state index contributed by atoms with van der Waals surface area (Å²) in [4.78, 5) is 11.5. The molecule has 2 bridgehead atoms. The van der Waals surface area contributed by atoms with E-state index >= 15 is 0 Å². The number of hydrogen-bond donors (Lipinski definition) is 0. The monoisotopic (exact) mass is 178 g/mol. The molecule has 2 atom stereocenters. The van der Waals surface area contributed by atoms with E-state index in [1.54, 1.807) is 6.92 Å². The summed E-state index contributed by atoms with van der Waals surface area (Å²) in [5.41, 5.74) is 1.55. The minimum atomic E-state index is 0.156. The predicted molar refractivity (Wildman–Crippen MR) is 53.4 cm³/mol. The quantitative estimate of drug-likeness (QED) is 0.603. The molecule has 1 saturated carbocycles. The maximum absolute atomic E-state index is 11.5. The third kappa shape index (κ3) is 0.853. The molecule has 0 aliphatic heterocycles. The van der Waals surface area contributed by atoms with Crippen LogP contribution >= 0.6 is 0 Å². The number of fused-ring (bicyclic) bond motifs is 2. The molecular weight excluding hydrogens is 160 g/mol. The minimum Gasteiger partial charge on any atom is -0.295 e. The van der Waals surface area contributed by atoms with Gasteiger partial charge in [0.1, 0.15) is 0 Å². The number of carbonyl (C=O) groups is 1. The zero-order valence-corrected chi connectivity index (χ0v) is 8.98. The Balaban J connectivity index is 2.49. The lowest BCUT2D eigenvalue weighted by Gasteiger charge is -2.36. The highest BCUT2D eigenvalue weighted by molar-refractivity contribution is 5.95. The van der Waals surface area contributed by atoms with Crippen LogP contribution in [0.4, 0.5) is 0 Å². The van der Waals surface area contributed by atoms with E-state index in [0.717, 1.165) is 5.57 Å². The molecule has 1 heteroatoms. The normalized spacial score (nSPS) is 40.6. The van der Waals surface area contributed by atoms with E-state index in [1.807, 2.05) is 0 Å². The summed E-state index contributed by atoms with van der Waals surface area (Å²) in [7, 11) is 0. The van der Waals surface area contributed by atoms with Gasteiger partial charge in [0.25, 0.3) is 0 Å². The summed E-state index contributed by atoms with van der Waals surface area (Å²) in [5, 5.41) is 0. The molecule has 0 heterocycles. The van der Waals surface area contributed by atoms with Crippen molar-refractivity contribution in [1.82, 2.24) is 0 Å². The van der Waals surface area contributed by atoms with Gasteiger partial charge in [0, 0.05) is 5.41 Å². The zero-order chi connectivity index (χ0) is 9.85. The Labute approximate surface area is 80.2 Å². The Morgan fingerprint density at radius 1 is 1.46 bits per heavy atom. The van der Waals surface area contributed by atoms with Crippen LogP contribution in [0.5, 0.6) is 0 Å². The first kappa shape index (κ1) is 8.98. The maximum atomic E-state index is 11.5. The van der Waals surface area contributed by atoms with Gasteiger partial charge in [-0.2, -0.15) is 0 Å². The molecular formula is C12H18O. The van der Waals surface area contributed by atoms with E-state index in [-0.39, 0.29) is 11.2 Å². The van der Waals surface area contributed by atoms with Gasteiger partial charge < -0.3 is 0 Å². The van der Waals surface area contributed by atoms with Gasteiger partial charge in [-0.25, -0.2) is 0 Å². The average Bonchev–Trinajstić information content (AvgIpc) is 2.34. The molecule has 1 nitrogen and oxygen atoms in total. The molecule has 0 aromatic heterocycles. The molecule has 2 aliphatic rings. The topological polar surface area (TPSA) is 17.1 Å². The molecule has 0 amide bonds. The molecule has 1 fully saturated rings. The summed E-state index contributed by atoms with van der Waals surface area (Å²) in [5.74, 6) is 0.911. The molecule has 13 heavy (non-hydrogen) atoms. The lowest BCUT2D eigenvalue weighted by atomic mass is 9.67. The van der Waals surface area contributed by atoms with Gasteiger partial charge in [0.15, 0.2) is 5.78 Å². The number of carbonyl (C=O) groups excluding carboxylic acids is 1. The first-order chi connectivity index (χ1) is 5.89. The number of allylic oxidation sites excluding steroid dienone is 2. The smallest absolute Gasteiger partial charge is 0.156 e. The van der Waals surface area contributed by atoms with E-state index in [1.165, 1.54) is 12.8 Å². The maximum Gasteiger partial charge on any atom is 0.156 e. The van der Waals surface area contributed by atoms with E-state index in [0.29, 0.717) is 11.3 Å². The Morgan fingerprint density at radius 2 is 2.08 bits per heavy atom. The molecule has 2 aliphatic carbocycles. The van der Waals surface area contributed by atoms with Gasteiger partial charge in [0.2, 0.25) is 0 Å². The van der Waals surface area contributed by atoms with Gasteiger partial charge in [-0.1, -0.05) is 26.8 Å². The largest absolute Gasteiger partial charge is 0.295 e. The van der Waals surface area contributed by atoms with Crippen molar-refractivity contribution in [3.63, 3.8) is 0 Å². The summed E-state index contributed by atoms with van der Waals surface area (Å²) >= 11 is 0. The average molecular weight is 178 g/mol. The molecule has 0 N–H and O–H groups in total. The third-order valence-electron chi connectivity index (χ3n) is 4.65. The van der Waals surface area contributed by atoms with Crippen LogP contribution in [0.15, 0.2) is 11.6 Å². The molecule has 0 aromatic carbocycles. The van der Waals surface area contributed by atoms with Crippen molar-refractivity contribution in [2.75, 3.05) is 0 Å². The van der Waals surface area contributed by atoms with Crippen LogP contribution in [0.3, 0.4) is 0 Å². The fourth-order valence-corrected chi connectivity index (χ4v) is 3.20. The SMILES string of the molecule is CC(=O)C1=CC2CCC1(C)C2(C)C. The summed E-state index contributed by atoms with van der Waals surface area (Å²) in [6, 6.07) is 0. The Morgan fingerprint density at radius 3 is 2.31 bits per heavy atom. The predicted octanol–water partition coefficient (Wildman–Crippen LogP) is 2.96. The van der Waals surface area contributed by atoms with Crippen LogP contribution in [-0.2, 0) is 4.79 Å². The van der Waals surface area contributed by atoms with Gasteiger partial charge in [0.05, 0.1) is 0 Å². The molecule has 0 aromatic rings. The second-order valence-corrected chi connectivity index (χ2v) is 5.34. The van der Waals surface area contributed by atoms with Crippen molar-refractivity contribution in [2.24, 2.45) is 16.7 Å². The second kappa shape index (κ2) is 2.26. The van der Waals surface area contributed by atoms with E-state index in [9.17, 15) is 4.79 Å². The fourth-order valence-electron chi connectivity index (χ4n) is 3.20. The van der Waals surface area contributed by atoms with Crippen LogP contribution in [0.25, 0.3) is 0 Å². The Kier molecular flexibility index (Phi) is 1.56.